The molecule has 0 amide bonds. The molecule has 1 fully saturated rings. The Morgan fingerprint density at radius 1 is 0.969 bits per heavy atom. The predicted molar refractivity (Wildman–Crippen MR) is 125 cm³/mol. The van der Waals surface area contributed by atoms with Gasteiger partial charge in [0.05, 0.1) is 14.2 Å². The monoisotopic (exact) mass is 454 g/mol. The molecule has 7 nitrogen and oxygen atoms in total. The molecule has 0 bridgehead atoms. The number of piperazine rings is 1. The number of nitrogens with zero attached hydrogens (tertiary/aromatic N) is 4. The van der Waals surface area contributed by atoms with Crippen LogP contribution in [0.25, 0.3) is 0 Å². The van der Waals surface area contributed by atoms with Gasteiger partial charge in [0.2, 0.25) is 5.88 Å². The minimum absolute atomic E-state index is 0.339. The Labute approximate surface area is 193 Å². The SMILES string of the molecule is COc1ccc(CN2CCN(c3cc(Oc4ccc(Cl)cc4)ncn3)CC2C)c(OC)c1. The summed E-state index contributed by atoms with van der Waals surface area (Å²) in [7, 11) is 3.35. The van der Waals surface area contributed by atoms with Crippen molar-refractivity contribution in [3.8, 4) is 23.1 Å². The fourth-order valence-corrected chi connectivity index (χ4v) is 3.95. The third-order valence-electron chi connectivity index (χ3n) is 5.62. The first-order valence-electron chi connectivity index (χ1n) is 10.5. The first kappa shape index (κ1) is 22.2. The van der Waals surface area contributed by atoms with E-state index in [1.807, 2.05) is 30.3 Å². The average Bonchev–Trinajstić information content (AvgIpc) is 2.82. The number of hydrogen-bond acceptors (Lipinski definition) is 7. The number of ether oxygens (including phenoxy) is 3. The molecule has 2 heterocycles. The lowest BCUT2D eigenvalue weighted by Gasteiger charge is -2.40. The zero-order chi connectivity index (χ0) is 22.5. The Bertz CT molecular complexity index is 1050. The Hall–Kier alpha value is -3.03. The van der Waals surface area contributed by atoms with Crippen LogP contribution in [0.15, 0.2) is 54.9 Å². The van der Waals surface area contributed by atoms with Crippen molar-refractivity contribution in [2.75, 3.05) is 38.8 Å². The first-order valence-corrected chi connectivity index (χ1v) is 10.9. The van der Waals surface area contributed by atoms with E-state index < -0.39 is 0 Å². The van der Waals surface area contributed by atoms with Gasteiger partial charge in [0.1, 0.15) is 29.4 Å². The van der Waals surface area contributed by atoms with Crippen molar-refractivity contribution in [3.05, 3.63) is 65.4 Å². The second kappa shape index (κ2) is 10.1. The summed E-state index contributed by atoms with van der Waals surface area (Å²) in [6.45, 7) is 5.68. The van der Waals surface area contributed by atoms with E-state index in [0.29, 0.717) is 22.7 Å². The van der Waals surface area contributed by atoms with Crippen LogP contribution >= 0.6 is 11.6 Å². The molecule has 168 valence electrons. The largest absolute Gasteiger partial charge is 0.497 e. The molecule has 0 N–H and O–H groups in total. The highest BCUT2D eigenvalue weighted by Gasteiger charge is 2.25. The van der Waals surface area contributed by atoms with Crippen molar-refractivity contribution in [2.45, 2.75) is 19.5 Å². The first-order chi connectivity index (χ1) is 15.6. The van der Waals surface area contributed by atoms with E-state index in [1.54, 1.807) is 32.7 Å². The number of methoxy groups -OCH3 is 2. The molecular weight excluding hydrogens is 428 g/mol. The summed E-state index contributed by atoms with van der Waals surface area (Å²) < 4.78 is 16.7. The van der Waals surface area contributed by atoms with Gasteiger partial charge in [-0.1, -0.05) is 17.7 Å². The van der Waals surface area contributed by atoms with Gasteiger partial charge in [-0.15, -0.1) is 0 Å². The zero-order valence-corrected chi connectivity index (χ0v) is 19.2. The van der Waals surface area contributed by atoms with E-state index >= 15 is 0 Å². The topological polar surface area (TPSA) is 60.0 Å². The second-order valence-corrected chi connectivity index (χ2v) is 8.15. The van der Waals surface area contributed by atoms with Gasteiger partial charge in [-0.2, -0.15) is 0 Å². The molecule has 1 atom stereocenters. The van der Waals surface area contributed by atoms with Crippen molar-refractivity contribution in [1.82, 2.24) is 14.9 Å². The molecule has 8 heteroatoms. The lowest BCUT2D eigenvalue weighted by molar-refractivity contribution is 0.178. The molecule has 0 spiro atoms. The molecule has 0 saturated carbocycles. The van der Waals surface area contributed by atoms with Crippen LogP contribution in [0.3, 0.4) is 0 Å². The highest BCUT2D eigenvalue weighted by atomic mass is 35.5. The van der Waals surface area contributed by atoms with Crippen molar-refractivity contribution < 1.29 is 14.2 Å². The average molecular weight is 455 g/mol. The lowest BCUT2D eigenvalue weighted by atomic mass is 10.1. The van der Waals surface area contributed by atoms with Crippen molar-refractivity contribution >= 4 is 17.4 Å². The van der Waals surface area contributed by atoms with Crippen LogP contribution in [0, 0.1) is 0 Å². The summed E-state index contributed by atoms with van der Waals surface area (Å²) in [5.74, 6) is 3.70. The molecule has 32 heavy (non-hydrogen) atoms. The molecular formula is C24H27ClN4O3. The normalized spacial score (nSPS) is 16.6. The second-order valence-electron chi connectivity index (χ2n) is 7.71. The molecule has 2 aromatic carbocycles. The summed E-state index contributed by atoms with van der Waals surface area (Å²) in [5.41, 5.74) is 1.15. The molecule has 3 aromatic rings. The van der Waals surface area contributed by atoms with Crippen LogP contribution in [0.2, 0.25) is 5.02 Å². The van der Waals surface area contributed by atoms with Gasteiger partial charge in [-0.3, -0.25) is 4.90 Å². The Morgan fingerprint density at radius 3 is 2.47 bits per heavy atom. The number of halogens is 1. The van der Waals surface area contributed by atoms with E-state index in [-0.39, 0.29) is 0 Å². The summed E-state index contributed by atoms with van der Waals surface area (Å²) >= 11 is 5.94. The van der Waals surface area contributed by atoms with Crippen LogP contribution in [0.5, 0.6) is 23.1 Å². The maximum atomic E-state index is 5.94. The van der Waals surface area contributed by atoms with Gasteiger partial charge in [-0.05, 0) is 37.3 Å². The van der Waals surface area contributed by atoms with Crippen molar-refractivity contribution in [2.24, 2.45) is 0 Å². The Kier molecular flexibility index (Phi) is 6.97. The quantitative estimate of drug-likeness (QED) is 0.515. The third kappa shape index (κ3) is 5.23. The molecule has 4 rings (SSSR count). The number of rotatable bonds is 7. The minimum atomic E-state index is 0.339. The van der Waals surface area contributed by atoms with Gasteiger partial charge < -0.3 is 19.1 Å². The number of anilines is 1. The van der Waals surface area contributed by atoms with Gasteiger partial charge in [0.15, 0.2) is 0 Å². The fourth-order valence-electron chi connectivity index (χ4n) is 3.82. The van der Waals surface area contributed by atoms with E-state index in [2.05, 4.69) is 32.8 Å². The molecule has 1 aromatic heterocycles. The van der Waals surface area contributed by atoms with Crippen molar-refractivity contribution in [1.29, 1.82) is 0 Å². The smallest absolute Gasteiger partial charge is 0.224 e. The van der Waals surface area contributed by atoms with Gasteiger partial charge >= 0.3 is 0 Å². The summed E-state index contributed by atoms with van der Waals surface area (Å²) in [6, 6.07) is 15.4. The number of hydrogen-bond donors (Lipinski definition) is 0. The summed E-state index contributed by atoms with van der Waals surface area (Å²) in [6.07, 6.45) is 1.54. The number of benzene rings is 2. The zero-order valence-electron chi connectivity index (χ0n) is 18.5. The van der Waals surface area contributed by atoms with Gasteiger partial charge in [0, 0.05) is 54.9 Å². The molecule has 1 saturated heterocycles. The highest BCUT2D eigenvalue weighted by molar-refractivity contribution is 6.30. The van der Waals surface area contributed by atoms with Gasteiger partial charge in [0.25, 0.3) is 0 Å². The van der Waals surface area contributed by atoms with Crippen LogP contribution in [0.4, 0.5) is 5.82 Å². The van der Waals surface area contributed by atoms with Crippen LogP contribution in [-0.2, 0) is 6.54 Å². The van der Waals surface area contributed by atoms with Crippen LogP contribution < -0.4 is 19.1 Å². The molecule has 0 radical (unpaired) electrons. The van der Waals surface area contributed by atoms with E-state index in [9.17, 15) is 0 Å². The summed E-state index contributed by atoms with van der Waals surface area (Å²) in [4.78, 5) is 13.4. The Balaban J connectivity index is 1.41. The third-order valence-corrected chi connectivity index (χ3v) is 5.87. The van der Waals surface area contributed by atoms with E-state index in [0.717, 1.165) is 49.1 Å². The lowest BCUT2D eigenvalue weighted by Crippen LogP contribution is -2.51. The molecule has 1 unspecified atom stereocenters. The molecule has 1 aliphatic rings. The molecule has 1 aliphatic heterocycles. The van der Waals surface area contributed by atoms with Crippen molar-refractivity contribution in [3.63, 3.8) is 0 Å². The standard InChI is InChI=1S/C24H27ClN4O3/c1-17-14-29(11-10-28(17)15-18-4-7-21(30-2)12-22(18)31-3)23-13-24(27-16-26-23)32-20-8-5-19(25)6-9-20/h4-9,12-13,16-17H,10-11,14-15H2,1-3H3. The van der Waals surface area contributed by atoms with Gasteiger partial charge in [-0.25, -0.2) is 9.97 Å². The predicted octanol–water partition coefficient (Wildman–Crippen LogP) is 4.65. The number of aromatic nitrogens is 2. The van der Waals surface area contributed by atoms with E-state index in [4.69, 9.17) is 25.8 Å². The highest BCUT2D eigenvalue weighted by Crippen LogP contribution is 2.28. The molecule has 0 aliphatic carbocycles. The maximum absolute atomic E-state index is 5.94. The van der Waals surface area contributed by atoms with Crippen LogP contribution in [-0.4, -0.2) is 54.8 Å². The maximum Gasteiger partial charge on any atom is 0.224 e. The minimum Gasteiger partial charge on any atom is -0.497 e. The van der Waals surface area contributed by atoms with Crippen LogP contribution in [0.1, 0.15) is 12.5 Å². The fraction of sp³-hybridized carbons (Fsp3) is 0.333. The van der Waals surface area contributed by atoms with E-state index in [1.165, 1.54) is 0 Å². The summed E-state index contributed by atoms with van der Waals surface area (Å²) in [5, 5.41) is 0.667. The Morgan fingerprint density at radius 2 is 1.75 bits per heavy atom.